The zero-order chi connectivity index (χ0) is 18.5. The number of hydrogen-bond donors (Lipinski definition) is 2. The average Bonchev–Trinajstić information content (AvgIpc) is 3.07. The zero-order valence-corrected chi connectivity index (χ0v) is 15.9. The first kappa shape index (κ1) is 21.0. The molecule has 1 aromatic rings. The molecule has 0 aliphatic carbocycles. The van der Waals surface area contributed by atoms with Gasteiger partial charge in [-0.2, -0.15) is 0 Å². The molecule has 0 aliphatic heterocycles. The van der Waals surface area contributed by atoms with Gasteiger partial charge in [-0.1, -0.05) is 31.8 Å². The van der Waals surface area contributed by atoms with Crippen LogP contribution in [-0.2, 0) is 16.1 Å². The first-order valence-electron chi connectivity index (χ1n) is 9.11. The van der Waals surface area contributed by atoms with Gasteiger partial charge in [0.25, 0.3) is 0 Å². The van der Waals surface area contributed by atoms with Crippen molar-refractivity contribution in [3.05, 3.63) is 17.5 Å². The first-order chi connectivity index (χ1) is 12.1. The van der Waals surface area contributed by atoms with Gasteiger partial charge < -0.3 is 19.9 Å². The Morgan fingerprint density at radius 3 is 2.68 bits per heavy atom. The second-order valence-electron chi connectivity index (χ2n) is 6.24. The van der Waals surface area contributed by atoms with Crippen LogP contribution in [0.15, 0.2) is 15.6 Å². The topological polar surface area (TPSA) is 88.8 Å². The van der Waals surface area contributed by atoms with Crippen LogP contribution in [0.3, 0.4) is 0 Å². The van der Waals surface area contributed by atoms with E-state index in [0.29, 0.717) is 18.9 Å². The highest BCUT2D eigenvalue weighted by atomic mass is 16.5. The Morgan fingerprint density at radius 1 is 1.28 bits per heavy atom. The van der Waals surface area contributed by atoms with Crippen LogP contribution in [0.1, 0.15) is 70.2 Å². The number of rotatable bonds is 11. The number of methoxy groups -OCH3 is 1. The summed E-state index contributed by atoms with van der Waals surface area (Å²) in [5.74, 6) is 1.77. The Kier molecular flexibility index (Phi) is 10.4. The summed E-state index contributed by atoms with van der Waals surface area (Å²) in [5, 5.41) is 10.6. The highest BCUT2D eigenvalue weighted by Gasteiger charge is 2.07. The van der Waals surface area contributed by atoms with Gasteiger partial charge in [-0.05, 0) is 25.7 Å². The van der Waals surface area contributed by atoms with Crippen molar-refractivity contribution >= 4 is 11.9 Å². The maximum absolute atomic E-state index is 11.0. The Labute approximate surface area is 150 Å². The molecule has 0 unspecified atom stereocenters. The fraction of sp³-hybridized carbons (Fsp3) is 0.722. The maximum atomic E-state index is 11.0. The van der Waals surface area contributed by atoms with Gasteiger partial charge in [0.15, 0.2) is 11.7 Å². The third kappa shape index (κ3) is 9.12. The van der Waals surface area contributed by atoms with E-state index in [1.807, 2.05) is 13.0 Å². The zero-order valence-electron chi connectivity index (χ0n) is 15.9. The molecular formula is C18H32N4O3. The average molecular weight is 352 g/mol. The van der Waals surface area contributed by atoms with Crippen LogP contribution in [0.25, 0.3) is 0 Å². The van der Waals surface area contributed by atoms with Crippen LogP contribution >= 0.6 is 0 Å². The van der Waals surface area contributed by atoms with Gasteiger partial charge in [-0.25, -0.2) is 4.99 Å². The van der Waals surface area contributed by atoms with Crippen LogP contribution in [0.2, 0.25) is 0 Å². The minimum Gasteiger partial charge on any atom is -0.469 e. The van der Waals surface area contributed by atoms with Crippen LogP contribution in [-0.4, -0.2) is 37.3 Å². The van der Waals surface area contributed by atoms with E-state index in [-0.39, 0.29) is 5.97 Å². The van der Waals surface area contributed by atoms with Crippen LogP contribution in [0, 0.1) is 0 Å². The number of aliphatic imine (C=N–C) groups is 1. The second-order valence-corrected chi connectivity index (χ2v) is 6.24. The standard InChI is InChI=1S/C18H32N4O3/c1-5-19-18(20-11-9-7-6-8-10-17(23)24-4)21-13-15-12-16(14(2)3)22-25-15/h12,14H,5-11,13H2,1-4H3,(H2,19,20,21). The Balaban J connectivity index is 2.27. The minimum atomic E-state index is -0.132. The lowest BCUT2D eigenvalue weighted by Gasteiger charge is -2.10. The van der Waals surface area contributed by atoms with Gasteiger partial charge in [0.2, 0.25) is 0 Å². The lowest BCUT2D eigenvalue weighted by Crippen LogP contribution is -2.37. The number of hydrogen-bond acceptors (Lipinski definition) is 5. The van der Waals surface area contributed by atoms with E-state index in [2.05, 4.69) is 39.4 Å². The third-order valence-electron chi connectivity index (χ3n) is 3.73. The summed E-state index contributed by atoms with van der Waals surface area (Å²) in [6.45, 7) is 8.32. The fourth-order valence-electron chi connectivity index (χ4n) is 2.23. The number of carbonyl (C=O) groups is 1. The monoisotopic (exact) mass is 352 g/mol. The summed E-state index contributed by atoms with van der Waals surface area (Å²) in [4.78, 5) is 15.5. The van der Waals surface area contributed by atoms with Crippen LogP contribution < -0.4 is 10.6 Å². The van der Waals surface area contributed by atoms with Crippen molar-refractivity contribution < 1.29 is 14.1 Å². The molecule has 0 saturated heterocycles. The van der Waals surface area contributed by atoms with E-state index in [0.717, 1.165) is 56.2 Å². The van der Waals surface area contributed by atoms with Gasteiger partial charge in [-0.15, -0.1) is 0 Å². The maximum Gasteiger partial charge on any atom is 0.305 e. The molecule has 0 atom stereocenters. The summed E-state index contributed by atoms with van der Waals surface area (Å²) < 4.78 is 9.93. The molecule has 0 fully saturated rings. The van der Waals surface area contributed by atoms with Crippen molar-refractivity contribution in [3.63, 3.8) is 0 Å². The largest absolute Gasteiger partial charge is 0.469 e. The van der Waals surface area contributed by atoms with Gasteiger partial charge in [0.05, 0.1) is 12.8 Å². The number of guanidine groups is 1. The predicted octanol–water partition coefficient (Wildman–Crippen LogP) is 2.98. The van der Waals surface area contributed by atoms with Gasteiger partial charge >= 0.3 is 5.97 Å². The van der Waals surface area contributed by atoms with E-state index in [1.54, 1.807) is 0 Å². The normalized spacial score (nSPS) is 11.6. The smallest absolute Gasteiger partial charge is 0.305 e. The first-order valence-corrected chi connectivity index (χ1v) is 9.11. The van der Waals surface area contributed by atoms with E-state index in [4.69, 9.17) is 4.52 Å². The van der Waals surface area contributed by atoms with Crippen molar-refractivity contribution in [2.24, 2.45) is 4.99 Å². The Bertz CT molecular complexity index is 526. The summed E-state index contributed by atoms with van der Waals surface area (Å²) in [6, 6.07) is 1.96. The lowest BCUT2D eigenvalue weighted by atomic mass is 10.1. The summed E-state index contributed by atoms with van der Waals surface area (Å²) in [7, 11) is 1.43. The fourth-order valence-corrected chi connectivity index (χ4v) is 2.23. The molecule has 2 N–H and O–H groups in total. The van der Waals surface area contributed by atoms with Gasteiger partial charge in [0, 0.05) is 25.6 Å². The van der Waals surface area contributed by atoms with Crippen molar-refractivity contribution in [2.75, 3.05) is 20.2 Å². The molecular weight excluding hydrogens is 320 g/mol. The molecule has 0 bridgehead atoms. The van der Waals surface area contributed by atoms with E-state index in [9.17, 15) is 4.79 Å². The van der Waals surface area contributed by atoms with Gasteiger partial charge in [-0.3, -0.25) is 4.79 Å². The SMILES string of the molecule is CCNC(=NCc1cc(C(C)C)no1)NCCCCCCC(=O)OC. The lowest BCUT2D eigenvalue weighted by molar-refractivity contribution is -0.140. The molecule has 1 aromatic heterocycles. The second kappa shape index (κ2) is 12.3. The molecule has 0 radical (unpaired) electrons. The molecule has 0 aliphatic rings. The number of ether oxygens (including phenoxy) is 1. The summed E-state index contributed by atoms with van der Waals surface area (Å²) in [5.41, 5.74) is 0.954. The van der Waals surface area contributed by atoms with Crippen molar-refractivity contribution in [3.8, 4) is 0 Å². The van der Waals surface area contributed by atoms with E-state index in [1.165, 1.54) is 7.11 Å². The Hall–Kier alpha value is -2.05. The highest BCUT2D eigenvalue weighted by Crippen LogP contribution is 2.14. The minimum absolute atomic E-state index is 0.132. The van der Waals surface area contributed by atoms with E-state index < -0.39 is 0 Å². The van der Waals surface area contributed by atoms with Gasteiger partial charge in [0.1, 0.15) is 6.54 Å². The Morgan fingerprint density at radius 2 is 2.04 bits per heavy atom. The molecule has 1 heterocycles. The number of nitrogens with zero attached hydrogens (tertiary/aromatic N) is 2. The number of nitrogens with one attached hydrogen (secondary N) is 2. The number of unbranched alkanes of at least 4 members (excludes halogenated alkanes) is 3. The summed E-state index contributed by atoms with van der Waals surface area (Å²) in [6.07, 6.45) is 4.52. The quantitative estimate of drug-likeness (QED) is 0.275. The molecule has 0 amide bonds. The predicted molar refractivity (Wildman–Crippen MR) is 98.5 cm³/mol. The highest BCUT2D eigenvalue weighted by molar-refractivity contribution is 5.79. The van der Waals surface area contributed by atoms with Crippen molar-refractivity contribution in [2.45, 2.75) is 65.3 Å². The molecule has 7 nitrogen and oxygen atoms in total. The third-order valence-corrected chi connectivity index (χ3v) is 3.73. The van der Waals surface area contributed by atoms with Crippen molar-refractivity contribution in [1.29, 1.82) is 0 Å². The van der Waals surface area contributed by atoms with Crippen LogP contribution in [0.5, 0.6) is 0 Å². The number of carbonyl (C=O) groups excluding carboxylic acids is 1. The van der Waals surface area contributed by atoms with Crippen molar-refractivity contribution in [1.82, 2.24) is 15.8 Å². The summed E-state index contributed by atoms with van der Waals surface area (Å²) >= 11 is 0. The molecule has 0 aromatic carbocycles. The van der Waals surface area contributed by atoms with Crippen LogP contribution in [0.4, 0.5) is 0 Å². The molecule has 0 spiro atoms. The number of aromatic nitrogens is 1. The molecule has 1 rings (SSSR count). The molecule has 25 heavy (non-hydrogen) atoms. The van der Waals surface area contributed by atoms with E-state index >= 15 is 0 Å². The number of esters is 1. The molecule has 0 saturated carbocycles. The molecule has 7 heteroatoms. The molecule has 142 valence electrons.